The number of hydrogen-bond donors (Lipinski definition) is 1. The Hall–Kier alpha value is -1.06. The van der Waals surface area contributed by atoms with Crippen LogP contribution in [0.15, 0.2) is 0 Å². The molecule has 0 bridgehead atoms. The van der Waals surface area contributed by atoms with Gasteiger partial charge in [0, 0.05) is 12.8 Å². The molecule has 1 heterocycles. The molecular weight excluding hydrogens is 470 g/mol. The summed E-state index contributed by atoms with van der Waals surface area (Å²) >= 11 is 0. The molecular formula is C34H65NO3. The summed E-state index contributed by atoms with van der Waals surface area (Å²) in [6.45, 7) is 2.73. The van der Waals surface area contributed by atoms with Crippen molar-refractivity contribution in [2.75, 3.05) is 6.61 Å². The Morgan fingerprint density at radius 1 is 0.579 bits per heavy atom. The first-order chi connectivity index (χ1) is 18.7. The molecule has 0 aromatic heterocycles. The van der Waals surface area contributed by atoms with Gasteiger partial charge in [-0.15, -0.1) is 0 Å². The second-order valence-electron chi connectivity index (χ2n) is 12.0. The van der Waals surface area contributed by atoms with Gasteiger partial charge in [-0.2, -0.15) is 0 Å². The van der Waals surface area contributed by atoms with Crippen molar-refractivity contribution >= 4 is 11.9 Å². The van der Waals surface area contributed by atoms with E-state index in [9.17, 15) is 9.59 Å². The quantitative estimate of drug-likeness (QED) is 0.0765. The fourth-order valence-corrected chi connectivity index (χ4v) is 5.67. The molecule has 1 aliphatic rings. The van der Waals surface area contributed by atoms with E-state index in [2.05, 4.69) is 12.2 Å². The summed E-state index contributed by atoms with van der Waals surface area (Å²) in [5, 5.41) is 2.79. The van der Waals surface area contributed by atoms with Gasteiger partial charge in [-0.3, -0.25) is 4.79 Å². The lowest BCUT2D eigenvalue weighted by molar-refractivity contribution is -0.141. The normalized spacial score (nSPS) is 15.2. The molecule has 4 nitrogen and oxygen atoms in total. The molecule has 0 aromatic carbocycles. The predicted molar refractivity (Wildman–Crippen MR) is 162 cm³/mol. The van der Waals surface area contributed by atoms with Gasteiger partial charge in [0.25, 0.3) is 0 Å². The van der Waals surface area contributed by atoms with Gasteiger partial charge in [0.2, 0.25) is 5.91 Å². The molecule has 4 heteroatoms. The van der Waals surface area contributed by atoms with Crippen molar-refractivity contribution in [3.05, 3.63) is 0 Å². The van der Waals surface area contributed by atoms with Crippen molar-refractivity contribution in [3.63, 3.8) is 0 Å². The van der Waals surface area contributed by atoms with Crippen LogP contribution in [0.4, 0.5) is 0 Å². The molecule has 1 aliphatic heterocycles. The Balaban J connectivity index is 1.65. The van der Waals surface area contributed by atoms with E-state index in [1.54, 1.807) is 0 Å². The van der Waals surface area contributed by atoms with Gasteiger partial charge < -0.3 is 10.1 Å². The Bertz CT molecular complexity index is 536. The number of carbonyl (C=O) groups excluding carboxylic acids is 2. The zero-order valence-electron chi connectivity index (χ0n) is 25.5. The molecule has 1 amide bonds. The highest BCUT2D eigenvalue weighted by Gasteiger charge is 2.27. The largest absolute Gasteiger partial charge is 0.464 e. The lowest BCUT2D eigenvalue weighted by Gasteiger charge is -2.08. The van der Waals surface area contributed by atoms with Gasteiger partial charge in [0.1, 0.15) is 6.04 Å². The third-order valence-corrected chi connectivity index (χ3v) is 8.28. The molecule has 0 spiro atoms. The summed E-state index contributed by atoms with van der Waals surface area (Å²) in [5.41, 5.74) is 0. The van der Waals surface area contributed by atoms with Crippen LogP contribution < -0.4 is 5.32 Å². The lowest BCUT2D eigenvalue weighted by Crippen LogP contribution is -2.37. The maximum Gasteiger partial charge on any atom is 0.328 e. The van der Waals surface area contributed by atoms with Crippen molar-refractivity contribution in [3.8, 4) is 0 Å². The van der Waals surface area contributed by atoms with E-state index in [1.165, 1.54) is 161 Å². The summed E-state index contributed by atoms with van der Waals surface area (Å²) in [7, 11) is 0. The molecule has 1 saturated heterocycles. The van der Waals surface area contributed by atoms with Gasteiger partial charge in [-0.25, -0.2) is 4.79 Å². The highest BCUT2D eigenvalue weighted by atomic mass is 16.5. The van der Waals surface area contributed by atoms with Gasteiger partial charge in [-0.1, -0.05) is 174 Å². The number of cyclic esters (lactones) is 1. The van der Waals surface area contributed by atoms with Crippen molar-refractivity contribution in [1.82, 2.24) is 5.32 Å². The van der Waals surface area contributed by atoms with Gasteiger partial charge in [0.05, 0.1) is 6.61 Å². The zero-order chi connectivity index (χ0) is 27.4. The number of hydrogen-bond acceptors (Lipinski definition) is 3. The number of amides is 1. The van der Waals surface area contributed by atoms with Crippen molar-refractivity contribution in [2.24, 2.45) is 0 Å². The number of carbonyl (C=O) groups is 2. The van der Waals surface area contributed by atoms with Gasteiger partial charge >= 0.3 is 5.97 Å². The van der Waals surface area contributed by atoms with Crippen LogP contribution in [0.1, 0.15) is 193 Å². The molecule has 0 aromatic rings. The van der Waals surface area contributed by atoms with Gasteiger partial charge in [-0.05, 0) is 6.42 Å². The smallest absolute Gasteiger partial charge is 0.328 e. The Morgan fingerprint density at radius 2 is 0.895 bits per heavy atom. The first kappa shape index (κ1) is 35.0. The molecule has 1 rings (SSSR count). The summed E-state index contributed by atoms with van der Waals surface area (Å²) in [4.78, 5) is 23.2. The van der Waals surface area contributed by atoms with Crippen LogP contribution in [0.3, 0.4) is 0 Å². The topological polar surface area (TPSA) is 55.4 Å². The average molecular weight is 536 g/mol. The summed E-state index contributed by atoms with van der Waals surface area (Å²) < 4.78 is 4.88. The van der Waals surface area contributed by atoms with Crippen LogP contribution in [-0.2, 0) is 14.3 Å². The molecule has 0 aliphatic carbocycles. The minimum atomic E-state index is -0.406. The Labute approximate surface area is 237 Å². The Morgan fingerprint density at radius 3 is 1.18 bits per heavy atom. The molecule has 38 heavy (non-hydrogen) atoms. The fourth-order valence-electron chi connectivity index (χ4n) is 5.67. The summed E-state index contributed by atoms with van der Waals surface area (Å²) in [6, 6.07) is -0.406. The van der Waals surface area contributed by atoms with E-state index >= 15 is 0 Å². The number of unbranched alkanes of at least 4 members (excludes halogenated alkanes) is 26. The molecule has 1 atom stereocenters. The summed E-state index contributed by atoms with van der Waals surface area (Å²) in [6.07, 6.45) is 38.7. The standard InChI is InChI=1S/C34H65NO3/c1-2-3-4-5-6-7-8-9-10-11-12-13-14-15-16-17-18-19-20-21-22-23-24-25-26-27-28-29-33(36)35-32-30-31-38-34(32)37/h32H,2-31H2,1H3,(H,35,36)/t32-/m0/s1. The lowest BCUT2D eigenvalue weighted by atomic mass is 10.0. The molecule has 224 valence electrons. The molecule has 0 saturated carbocycles. The Kier molecular flexibility index (Phi) is 25.3. The summed E-state index contributed by atoms with van der Waals surface area (Å²) in [5.74, 6) is -0.285. The SMILES string of the molecule is CCCCCCCCCCCCCCCCCCCCCCCCCCCCCC(=O)N[C@H]1CCOC1=O. The van der Waals surface area contributed by atoms with E-state index < -0.39 is 6.04 Å². The number of ether oxygens (including phenoxy) is 1. The zero-order valence-corrected chi connectivity index (χ0v) is 25.5. The molecule has 0 unspecified atom stereocenters. The maximum atomic E-state index is 11.9. The maximum absolute atomic E-state index is 11.9. The molecule has 0 radical (unpaired) electrons. The minimum absolute atomic E-state index is 0.00608. The second-order valence-corrected chi connectivity index (χ2v) is 12.0. The molecule has 1 fully saturated rings. The number of nitrogens with one attached hydrogen (secondary N) is 1. The van der Waals surface area contributed by atoms with Crippen molar-refractivity contribution in [1.29, 1.82) is 0 Å². The van der Waals surface area contributed by atoms with E-state index in [4.69, 9.17) is 4.74 Å². The van der Waals surface area contributed by atoms with Crippen LogP contribution in [0.5, 0.6) is 0 Å². The van der Waals surface area contributed by atoms with E-state index in [0.29, 0.717) is 19.4 Å². The van der Waals surface area contributed by atoms with Crippen LogP contribution in [-0.4, -0.2) is 24.5 Å². The van der Waals surface area contributed by atoms with Crippen LogP contribution >= 0.6 is 0 Å². The predicted octanol–water partition coefficient (Wildman–Crippen LogP) is 10.4. The monoisotopic (exact) mass is 535 g/mol. The van der Waals surface area contributed by atoms with Crippen LogP contribution in [0, 0.1) is 0 Å². The minimum Gasteiger partial charge on any atom is -0.464 e. The molecule has 1 N–H and O–H groups in total. The van der Waals surface area contributed by atoms with E-state index in [0.717, 1.165) is 12.8 Å². The second kappa shape index (κ2) is 27.5. The van der Waals surface area contributed by atoms with Crippen molar-refractivity contribution < 1.29 is 14.3 Å². The van der Waals surface area contributed by atoms with Crippen molar-refractivity contribution in [2.45, 2.75) is 199 Å². The van der Waals surface area contributed by atoms with Gasteiger partial charge in [0.15, 0.2) is 0 Å². The highest BCUT2D eigenvalue weighted by molar-refractivity contribution is 5.85. The fraction of sp³-hybridized carbons (Fsp3) is 0.941. The average Bonchev–Trinajstić information content (AvgIpc) is 3.32. The third kappa shape index (κ3) is 22.9. The number of rotatable bonds is 29. The first-order valence-electron chi connectivity index (χ1n) is 17.2. The highest BCUT2D eigenvalue weighted by Crippen LogP contribution is 2.16. The first-order valence-corrected chi connectivity index (χ1v) is 17.2. The number of esters is 1. The van der Waals surface area contributed by atoms with E-state index in [-0.39, 0.29) is 11.9 Å². The van der Waals surface area contributed by atoms with E-state index in [1.807, 2.05) is 0 Å². The third-order valence-electron chi connectivity index (χ3n) is 8.28. The van der Waals surface area contributed by atoms with Crippen LogP contribution in [0.2, 0.25) is 0 Å². The van der Waals surface area contributed by atoms with Crippen LogP contribution in [0.25, 0.3) is 0 Å².